The van der Waals surface area contributed by atoms with E-state index in [-0.39, 0.29) is 18.9 Å². The van der Waals surface area contributed by atoms with E-state index >= 15 is 0 Å². The van der Waals surface area contributed by atoms with Crippen LogP contribution in [-0.2, 0) is 0 Å². The molecule has 0 aromatic rings. The Kier molecular flexibility index (Phi) is 2.53. The van der Waals surface area contributed by atoms with Crippen LogP contribution < -0.4 is 18.9 Å². The van der Waals surface area contributed by atoms with E-state index in [2.05, 4.69) is 6.92 Å². The maximum absolute atomic E-state index is 2.29. The van der Waals surface area contributed by atoms with Crippen molar-refractivity contribution in [1.29, 1.82) is 0 Å². The van der Waals surface area contributed by atoms with E-state index in [1.165, 1.54) is 38.5 Å². The van der Waals surface area contributed by atoms with Crippen molar-refractivity contribution in [1.82, 2.24) is 0 Å². The predicted octanol–water partition coefficient (Wildman–Crippen LogP) is -0.0610. The summed E-state index contributed by atoms with van der Waals surface area (Å²) in [6.45, 7) is 2.29. The summed E-state index contributed by atoms with van der Waals surface area (Å²) in [6.07, 6.45) is 8.89. The van der Waals surface area contributed by atoms with Gasteiger partial charge in [0.25, 0.3) is 0 Å². The molecule has 1 heteroatoms. The molecule has 0 radical (unpaired) electrons. The van der Waals surface area contributed by atoms with Gasteiger partial charge in [0.1, 0.15) is 0 Å². The Bertz CT molecular complexity index is 103. The Morgan fingerprint density at radius 2 is 1.90 bits per heavy atom. The van der Waals surface area contributed by atoms with Crippen molar-refractivity contribution in [2.24, 2.45) is 5.41 Å². The van der Waals surface area contributed by atoms with Gasteiger partial charge in [0, 0.05) is 0 Å². The van der Waals surface area contributed by atoms with Gasteiger partial charge in [0.15, 0.2) is 0 Å². The fourth-order valence-corrected chi connectivity index (χ4v) is 2.25. The second-order valence-electron chi connectivity index (χ2n) is 3.88. The van der Waals surface area contributed by atoms with Crippen LogP contribution in [0.4, 0.5) is 0 Å². The molecule has 0 spiro atoms. The van der Waals surface area contributed by atoms with Crippen LogP contribution >= 0.6 is 0 Å². The SMILES string of the molecule is CCCCC12C[C-](C1)C2.[Li+]. The Morgan fingerprint density at radius 1 is 1.30 bits per heavy atom. The van der Waals surface area contributed by atoms with Gasteiger partial charge in [-0.3, -0.25) is 0 Å². The van der Waals surface area contributed by atoms with Gasteiger partial charge in [0.05, 0.1) is 0 Å². The summed E-state index contributed by atoms with van der Waals surface area (Å²) in [5.74, 6) is 1.85. The summed E-state index contributed by atoms with van der Waals surface area (Å²) < 4.78 is 0. The third kappa shape index (κ3) is 1.17. The number of rotatable bonds is 3. The van der Waals surface area contributed by atoms with E-state index < -0.39 is 0 Å². The van der Waals surface area contributed by atoms with Crippen LogP contribution in [-0.4, -0.2) is 0 Å². The van der Waals surface area contributed by atoms with Crippen molar-refractivity contribution < 1.29 is 18.9 Å². The third-order valence-corrected chi connectivity index (χ3v) is 2.94. The van der Waals surface area contributed by atoms with Crippen LogP contribution in [0.5, 0.6) is 0 Å². The number of unbranched alkanes of at least 4 members (excludes halogenated alkanes) is 1. The summed E-state index contributed by atoms with van der Waals surface area (Å²) in [7, 11) is 0. The fourth-order valence-electron chi connectivity index (χ4n) is 2.25. The molecule has 0 N–H and O–H groups in total. The van der Waals surface area contributed by atoms with E-state index in [0.717, 1.165) is 5.41 Å². The Balaban J connectivity index is 0.000000500. The number of hydrogen-bond donors (Lipinski definition) is 0. The second-order valence-corrected chi connectivity index (χ2v) is 3.88. The minimum Gasteiger partial charge on any atom is -0.313 e. The topological polar surface area (TPSA) is 0 Å². The molecule has 0 amide bonds. The molecule has 0 atom stereocenters. The zero-order valence-electron chi connectivity index (χ0n) is 7.24. The van der Waals surface area contributed by atoms with Crippen molar-refractivity contribution in [3.63, 3.8) is 0 Å². The molecule has 2 bridgehead atoms. The fraction of sp³-hybridized carbons (Fsp3) is 0.889. The van der Waals surface area contributed by atoms with Crippen molar-refractivity contribution in [2.75, 3.05) is 0 Å². The van der Waals surface area contributed by atoms with Crippen molar-refractivity contribution in [2.45, 2.75) is 45.4 Å². The molecule has 3 aliphatic carbocycles. The average molecular weight is 130 g/mol. The monoisotopic (exact) mass is 130 g/mol. The molecule has 0 saturated heterocycles. The van der Waals surface area contributed by atoms with Gasteiger partial charge in [-0.25, -0.2) is 0 Å². The molecule has 0 aromatic carbocycles. The first-order valence-electron chi connectivity index (χ1n) is 4.18. The summed E-state index contributed by atoms with van der Waals surface area (Å²) in [6, 6.07) is 0. The summed E-state index contributed by atoms with van der Waals surface area (Å²) in [5, 5.41) is 0. The van der Waals surface area contributed by atoms with E-state index in [1.54, 1.807) is 0 Å². The zero-order valence-corrected chi connectivity index (χ0v) is 7.24. The molecule has 3 aliphatic rings. The van der Waals surface area contributed by atoms with Crippen LogP contribution in [0.25, 0.3) is 0 Å². The normalized spacial score (nSPS) is 26.1. The molecule has 3 fully saturated rings. The first-order chi connectivity index (χ1) is 4.35. The van der Waals surface area contributed by atoms with Gasteiger partial charge in [-0.1, -0.05) is 26.2 Å². The van der Waals surface area contributed by atoms with Gasteiger partial charge in [-0.2, -0.15) is 19.3 Å². The minimum absolute atomic E-state index is 0. The molecular weight excluding hydrogens is 115 g/mol. The van der Waals surface area contributed by atoms with E-state index in [4.69, 9.17) is 0 Å². The summed E-state index contributed by atoms with van der Waals surface area (Å²) in [4.78, 5) is 0. The molecule has 3 saturated carbocycles. The van der Waals surface area contributed by atoms with Crippen molar-refractivity contribution in [3.8, 4) is 0 Å². The third-order valence-electron chi connectivity index (χ3n) is 2.94. The maximum Gasteiger partial charge on any atom is 1.00 e. The van der Waals surface area contributed by atoms with Gasteiger partial charge >= 0.3 is 18.9 Å². The Morgan fingerprint density at radius 3 is 2.20 bits per heavy atom. The van der Waals surface area contributed by atoms with Gasteiger partial charge < -0.3 is 5.92 Å². The summed E-state index contributed by atoms with van der Waals surface area (Å²) in [5.41, 5.74) is 0.880. The molecule has 0 aromatic heterocycles. The first kappa shape index (κ1) is 8.69. The number of hydrogen-bond acceptors (Lipinski definition) is 0. The van der Waals surface area contributed by atoms with E-state index in [1.807, 2.05) is 5.92 Å². The van der Waals surface area contributed by atoms with E-state index in [0.29, 0.717) is 0 Å². The van der Waals surface area contributed by atoms with Crippen LogP contribution in [0.15, 0.2) is 0 Å². The van der Waals surface area contributed by atoms with Crippen LogP contribution in [0.2, 0.25) is 0 Å². The quantitative estimate of drug-likeness (QED) is 0.371. The van der Waals surface area contributed by atoms with E-state index in [9.17, 15) is 0 Å². The summed E-state index contributed by atoms with van der Waals surface area (Å²) >= 11 is 0. The predicted molar refractivity (Wildman–Crippen MR) is 39.1 cm³/mol. The Hall–Kier alpha value is 0.597. The smallest absolute Gasteiger partial charge is 0.313 e. The van der Waals surface area contributed by atoms with Crippen molar-refractivity contribution in [3.05, 3.63) is 5.92 Å². The van der Waals surface area contributed by atoms with Crippen LogP contribution in [0, 0.1) is 11.3 Å². The molecular formula is C9H15Li. The molecule has 0 unspecified atom stereocenters. The zero-order chi connectivity index (χ0) is 6.32. The molecule has 0 heterocycles. The van der Waals surface area contributed by atoms with Gasteiger partial charge in [-0.05, 0) is 0 Å². The van der Waals surface area contributed by atoms with Crippen LogP contribution in [0.1, 0.15) is 45.4 Å². The maximum atomic E-state index is 2.29. The molecule has 3 rings (SSSR count). The van der Waals surface area contributed by atoms with Gasteiger partial charge in [0.2, 0.25) is 0 Å². The Labute approximate surface area is 75.9 Å². The molecule has 0 nitrogen and oxygen atoms in total. The molecule has 52 valence electrons. The first-order valence-corrected chi connectivity index (χ1v) is 4.18. The average Bonchev–Trinajstić information content (AvgIpc) is 1.59. The standard InChI is InChI=1S/C9H15.Li/c1-2-3-4-9-5-8(6-9)7-9;/h2-7H2,1H3;/q-1;+1. The minimum atomic E-state index is 0. The molecule has 10 heavy (non-hydrogen) atoms. The molecule has 0 aliphatic heterocycles. The van der Waals surface area contributed by atoms with Gasteiger partial charge in [-0.15, -0.1) is 5.41 Å². The largest absolute Gasteiger partial charge is 1.00 e. The van der Waals surface area contributed by atoms with Crippen LogP contribution in [0.3, 0.4) is 0 Å². The second kappa shape index (κ2) is 2.92. The van der Waals surface area contributed by atoms with Crippen molar-refractivity contribution >= 4 is 0 Å².